The van der Waals surface area contributed by atoms with Crippen LogP contribution in [0.25, 0.3) is 10.9 Å². The molecule has 0 aliphatic heterocycles. The topological polar surface area (TPSA) is 76.7 Å². The van der Waals surface area contributed by atoms with E-state index in [0.29, 0.717) is 6.54 Å². The molecule has 0 bridgehead atoms. The van der Waals surface area contributed by atoms with Gasteiger partial charge in [0.15, 0.2) is 0 Å². The van der Waals surface area contributed by atoms with Gasteiger partial charge < -0.3 is 11.1 Å². The van der Waals surface area contributed by atoms with E-state index < -0.39 is 0 Å². The number of pyridine rings is 1. The molecule has 3 aromatic rings. The molecule has 0 saturated heterocycles. The first-order chi connectivity index (χ1) is 9.31. The molecule has 2 heterocycles. The lowest BCUT2D eigenvalue weighted by molar-refractivity contribution is 0.999. The molecule has 0 aliphatic carbocycles. The quantitative estimate of drug-likeness (QED) is 0.698. The molecule has 0 saturated carbocycles. The summed E-state index contributed by atoms with van der Waals surface area (Å²) < 4.78 is 0. The maximum Gasteiger partial charge on any atom is 0.126 e. The number of aromatic nitrogens is 3. The van der Waals surface area contributed by atoms with Crippen LogP contribution in [0, 0.1) is 0 Å². The lowest BCUT2D eigenvalue weighted by Gasteiger charge is -2.06. The highest BCUT2D eigenvalue weighted by Gasteiger charge is 1.99. The van der Waals surface area contributed by atoms with Crippen LogP contribution in [0.4, 0.5) is 11.5 Å². The molecule has 3 N–H and O–H groups in total. The summed E-state index contributed by atoms with van der Waals surface area (Å²) in [7, 11) is 0. The van der Waals surface area contributed by atoms with Crippen LogP contribution in [0.1, 0.15) is 5.69 Å². The van der Waals surface area contributed by atoms with E-state index in [4.69, 9.17) is 5.73 Å². The summed E-state index contributed by atoms with van der Waals surface area (Å²) in [5.41, 5.74) is 8.33. The first-order valence-electron chi connectivity index (χ1n) is 5.96. The fourth-order valence-corrected chi connectivity index (χ4v) is 1.85. The van der Waals surface area contributed by atoms with Gasteiger partial charge in [-0.2, -0.15) is 0 Å². The lowest BCUT2D eigenvalue weighted by Crippen LogP contribution is -2.03. The molecule has 0 amide bonds. The summed E-state index contributed by atoms with van der Waals surface area (Å²) in [6.07, 6.45) is 3.26. The minimum Gasteiger partial charge on any atom is -0.399 e. The van der Waals surface area contributed by atoms with Crippen molar-refractivity contribution in [2.45, 2.75) is 6.54 Å². The van der Waals surface area contributed by atoms with Gasteiger partial charge in [0.1, 0.15) is 12.1 Å². The molecular weight excluding hydrogens is 238 g/mol. The summed E-state index contributed by atoms with van der Waals surface area (Å²) in [6.45, 7) is 0.621. The van der Waals surface area contributed by atoms with Crippen LogP contribution in [0.2, 0.25) is 0 Å². The third kappa shape index (κ3) is 2.60. The van der Waals surface area contributed by atoms with Crippen molar-refractivity contribution in [2.75, 3.05) is 11.1 Å². The van der Waals surface area contributed by atoms with Gasteiger partial charge in [0.25, 0.3) is 0 Å². The van der Waals surface area contributed by atoms with Crippen molar-refractivity contribution in [3.8, 4) is 0 Å². The molecule has 0 unspecified atom stereocenters. The molecule has 0 fully saturated rings. The van der Waals surface area contributed by atoms with Gasteiger partial charge in [0.2, 0.25) is 0 Å². The third-order valence-electron chi connectivity index (χ3n) is 2.81. The van der Waals surface area contributed by atoms with Crippen molar-refractivity contribution in [1.29, 1.82) is 0 Å². The Morgan fingerprint density at radius 1 is 1.11 bits per heavy atom. The Bertz CT molecular complexity index is 697. The standard InChI is InChI=1S/C14H13N5/c15-11-2-3-13-10(7-11)1-4-14(19-13)17-8-12-5-6-16-9-18-12/h1-7,9H,8,15H2,(H,17,19). The van der Waals surface area contributed by atoms with Crippen LogP contribution in [-0.4, -0.2) is 15.0 Å². The van der Waals surface area contributed by atoms with E-state index in [-0.39, 0.29) is 0 Å². The van der Waals surface area contributed by atoms with Gasteiger partial charge in [0, 0.05) is 17.3 Å². The second-order valence-electron chi connectivity index (χ2n) is 4.20. The largest absolute Gasteiger partial charge is 0.399 e. The number of nitrogen functional groups attached to an aromatic ring is 1. The van der Waals surface area contributed by atoms with Crippen molar-refractivity contribution in [3.05, 3.63) is 54.6 Å². The van der Waals surface area contributed by atoms with Crippen molar-refractivity contribution >= 4 is 22.4 Å². The number of nitrogens with two attached hydrogens (primary N) is 1. The molecule has 19 heavy (non-hydrogen) atoms. The Hall–Kier alpha value is -2.69. The number of benzene rings is 1. The minimum atomic E-state index is 0.621. The molecule has 1 aromatic carbocycles. The summed E-state index contributed by atoms with van der Waals surface area (Å²) >= 11 is 0. The Morgan fingerprint density at radius 3 is 2.89 bits per heavy atom. The van der Waals surface area contributed by atoms with Crippen LogP contribution >= 0.6 is 0 Å². The maximum atomic E-state index is 5.74. The third-order valence-corrected chi connectivity index (χ3v) is 2.81. The Morgan fingerprint density at radius 2 is 2.05 bits per heavy atom. The molecule has 0 spiro atoms. The van der Waals surface area contributed by atoms with E-state index >= 15 is 0 Å². The molecule has 0 radical (unpaired) electrons. The van der Waals surface area contributed by atoms with Gasteiger partial charge in [0.05, 0.1) is 17.8 Å². The lowest BCUT2D eigenvalue weighted by atomic mass is 10.2. The molecule has 94 valence electrons. The van der Waals surface area contributed by atoms with Crippen molar-refractivity contribution in [1.82, 2.24) is 15.0 Å². The Kier molecular flexibility index (Phi) is 2.94. The Labute approximate surface area is 110 Å². The first-order valence-corrected chi connectivity index (χ1v) is 5.96. The highest BCUT2D eigenvalue weighted by Crippen LogP contribution is 2.18. The normalized spacial score (nSPS) is 10.5. The zero-order chi connectivity index (χ0) is 13.1. The smallest absolute Gasteiger partial charge is 0.126 e. The minimum absolute atomic E-state index is 0.621. The van der Waals surface area contributed by atoms with E-state index in [1.807, 2.05) is 36.4 Å². The predicted octanol–water partition coefficient (Wildman–Crippen LogP) is 2.22. The second-order valence-corrected chi connectivity index (χ2v) is 4.20. The number of nitrogens with one attached hydrogen (secondary N) is 1. The number of hydrogen-bond donors (Lipinski definition) is 2. The number of rotatable bonds is 3. The first kappa shape index (κ1) is 11.4. The zero-order valence-electron chi connectivity index (χ0n) is 10.2. The number of anilines is 2. The maximum absolute atomic E-state index is 5.74. The van der Waals surface area contributed by atoms with E-state index in [1.165, 1.54) is 6.33 Å². The van der Waals surface area contributed by atoms with Gasteiger partial charge in [-0.05, 0) is 36.4 Å². The second kappa shape index (κ2) is 4.89. The predicted molar refractivity (Wildman–Crippen MR) is 75.5 cm³/mol. The Balaban J connectivity index is 1.80. The van der Waals surface area contributed by atoms with Crippen LogP contribution in [0.3, 0.4) is 0 Å². The molecule has 5 nitrogen and oxygen atoms in total. The van der Waals surface area contributed by atoms with E-state index in [0.717, 1.165) is 28.1 Å². The average molecular weight is 251 g/mol. The SMILES string of the molecule is Nc1ccc2nc(NCc3ccncn3)ccc2c1. The van der Waals surface area contributed by atoms with Crippen molar-refractivity contribution < 1.29 is 0 Å². The number of hydrogen-bond acceptors (Lipinski definition) is 5. The molecule has 2 aromatic heterocycles. The molecule has 5 heteroatoms. The number of nitrogens with zero attached hydrogens (tertiary/aromatic N) is 3. The summed E-state index contributed by atoms with van der Waals surface area (Å²) in [5, 5.41) is 4.27. The molecular formula is C14H13N5. The highest BCUT2D eigenvalue weighted by atomic mass is 15.0. The summed E-state index contributed by atoms with van der Waals surface area (Å²) in [6, 6.07) is 11.5. The van der Waals surface area contributed by atoms with Crippen LogP contribution in [0.5, 0.6) is 0 Å². The van der Waals surface area contributed by atoms with Gasteiger partial charge in [-0.3, -0.25) is 0 Å². The van der Waals surface area contributed by atoms with Gasteiger partial charge in [-0.25, -0.2) is 15.0 Å². The fourth-order valence-electron chi connectivity index (χ4n) is 1.85. The molecule has 0 atom stereocenters. The van der Waals surface area contributed by atoms with Crippen molar-refractivity contribution in [3.63, 3.8) is 0 Å². The van der Waals surface area contributed by atoms with E-state index in [9.17, 15) is 0 Å². The van der Waals surface area contributed by atoms with Gasteiger partial charge in [-0.1, -0.05) is 0 Å². The van der Waals surface area contributed by atoms with Crippen LogP contribution < -0.4 is 11.1 Å². The average Bonchev–Trinajstić information content (AvgIpc) is 2.46. The molecule has 3 rings (SSSR count). The van der Waals surface area contributed by atoms with Crippen LogP contribution in [-0.2, 0) is 6.54 Å². The molecule has 0 aliphatic rings. The summed E-state index contributed by atoms with van der Waals surface area (Å²) in [4.78, 5) is 12.6. The number of fused-ring (bicyclic) bond motifs is 1. The zero-order valence-corrected chi connectivity index (χ0v) is 10.2. The van der Waals surface area contributed by atoms with Gasteiger partial charge >= 0.3 is 0 Å². The fraction of sp³-hybridized carbons (Fsp3) is 0.0714. The van der Waals surface area contributed by atoms with Crippen LogP contribution in [0.15, 0.2) is 48.9 Å². The summed E-state index contributed by atoms with van der Waals surface area (Å²) in [5.74, 6) is 0.816. The van der Waals surface area contributed by atoms with Gasteiger partial charge in [-0.15, -0.1) is 0 Å². The highest BCUT2D eigenvalue weighted by molar-refractivity contribution is 5.83. The monoisotopic (exact) mass is 251 g/mol. The van der Waals surface area contributed by atoms with E-state index in [1.54, 1.807) is 6.20 Å². The van der Waals surface area contributed by atoms with E-state index in [2.05, 4.69) is 20.3 Å². The van der Waals surface area contributed by atoms with Crippen molar-refractivity contribution in [2.24, 2.45) is 0 Å².